The van der Waals surface area contributed by atoms with Gasteiger partial charge >= 0.3 is 77.6 Å². The zero-order valence-corrected chi connectivity index (χ0v) is 46.0. The Morgan fingerprint density at radius 3 is 1.29 bits per heavy atom. The van der Waals surface area contributed by atoms with Gasteiger partial charge in [0.1, 0.15) is 23.9 Å². The Balaban J connectivity index is -0.000000287. The first kappa shape index (κ1) is 82.9. The second-order valence-electron chi connectivity index (χ2n) is 16.2. The van der Waals surface area contributed by atoms with E-state index in [1.807, 2.05) is 12.1 Å². The number of aliphatic hydroxyl groups is 1. The number of carbonyl (C=O) groups is 13. The fourth-order valence-electron chi connectivity index (χ4n) is 5.34. The molecular weight excluding hydrogens is 1130 g/mol. The molecule has 18 N–H and O–H groups in total. The quantitative estimate of drug-likeness (QED) is 0.0381. The fraction of sp³-hybridized carbons (Fsp3) is 0.479. The molecule has 0 spiro atoms. The minimum Gasteiger partial charge on any atom is -0.497 e. The van der Waals surface area contributed by atoms with Crippen LogP contribution >= 0.6 is 0 Å². The summed E-state index contributed by atoms with van der Waals surface area (Å²) < 4.78 is 14.1. The molecule has 35 nitrogen and oxygen atoms in total. The van der Waals surface area contributed by atoms with Gasteiger partial charge in [0.05, 0.1) is 70.5 Å². The Labute approximate surface area is 472 Å². The number of nitrogens with zero attached hydrogens (tertiary/aromatic N) is 2. The van der Waals surface area contributed by atoms with Gasteiger partial charge in [-0.05, 0) is 70.7 Å². The molecule has 83 heavy (non-hydrogen) atoms. The van der Waals surface area contributed by atoms with E-state index < -0.39 is 114 Å². The summed E-state index contributed by atoms with van der Waals surface area (Å²) >= 11 is 0. The number of carboxylic acid groups (broad SMARTS) is 13. The van der Waals surface area contributed by atoms with Gasteiger partial charge in [-0.3, -0.25) is 57.7 Å². The minimum absolute atomic E-state index is 0.112. The van der Waals surface area contributed by atoms with Gasteiger partial charge in [0, 0.05) is 27.2 Å². The number of methoxy groups -OCH3 is 3. The maximum Gasteiger partial charge on any atom is 0.337 e. The van der Waals surface area contributed by atoms with Crippen LogP contribution in [-0.2, 0) is 68.6 Å². The summed E-state index contributed by atoms with van der Waals surface area (Å²) in [6.45, 7) is 0.906. The largest absolute Gasteiger partial charge is 0.497 e. The maximum atomic E-state index is 10.7. The van der Waals surface area contributed by atoms with Crippen LogP contribution < -0.4 is 21.1 Å². The molecular formula is C48H73N5O30. The lowest BCUT2D eigenvalue weighted by molar-refractivity contribution is -0.174. The second-order valence-corrected chi connectivity index (χ2v) is 16.2. The van der Waals surface area contributed by atoms with Crippen molar-refractivity contribution in [2.24, 2.45) is 5.73 Å². The van der Waals surface area contributed by atoms with E-state index in [4.69, 9.17) is 86.7 Å². The van der Waals surface area contributed by atoms with E-state index in [1.54, 1.807) is 32.2 Å². The zero-order chi connectivity index (χ0) is 65.7. The Morgan fingerprint density at radius 2 is 1.01 bits per heavy atom. The lowest BCUT2D eigenvalue weighted by Crippen LogP contribution is -2.44. The smallest absolute Gasteiger partial charge is 0.337 e. The molecule has 0 aliphatic rings. The number of aliphatic hydroxyl groups excluding tert-OH is 1. The molecule has 3 atom stereocenters. The van der Waals surface area contributed by atoms with Crippen molar-refractivity contribution in [3.63, 3.8) is 0 Å². The summed E-state index contributed by atoms with van der Waals surface area (Å²) in [5, 5.41) is 123. The highest BCUT2D eigenvalue weighted by Crippen LogP contribution is 2.21. The summed E-state index contributed by atoms with van der Waals surface area (Å²) in [6, 6.07) is 8.95. The van der Waals surface area contributed by atoms with E-state index in [0.717, 1.165) is 24.0 Å². The van der Waals surface area contributed by atoms with E-state index in [1.165, 1.54) is 50.2 Å². The summed E-state index contributed by atoms with van der Waals surface area (Å²) in [5.74, 6) is -14.3. The predicted octanol–water partition coefficient (Wildman–Crippen LogP) is -2.19. The number of hydrogen-bond acceptors (Lipinski definition) is 22. The first-order chi connectivity index (χ1) is 38.4. The molecule has 0 bridgehead atoms. The lowest BCUT2D eigenvalue weighted by atomic mass is 9.95. The highest BCUT2D eigenvalue weighted by Gasteiger charge is 2.43. The number of aryl methyl sites for hydroxylation is 1. The zero-order valence-electron chi connectivity index (χ0n) is 46.0. The van der Waals surface area contributed by atoms with Crippen LogP contribution in [0, 0.1) is 6.92 Å². The molecule has 0 unspecified atom stereocenters. The van der Waals surface area contributed by atoms with Crippen molar-refractivity contribution in [1.82, 2.24) is 20.4 Å². The number of aromatic carboxylic acids is 2. The van der Waals surface area contributed by atoms with Crippen LogP contribution in [0.25, 0.3) is 0 Å². The van der Waals surface area contributed by atoms with Gasteiger partial charge in [-0.1, -0.05) is 23.8 Å². The molecule has 2 aromatic rings. The van der Waals surface area contributed by atoms with Crippen LogP contribution in [0.5, 0.6) is 5.75 Å². The number of benzene rings is 2. The second kappa shape index (κ2) is 46.7. The van der Waals surface area contributed by atoms with Crippen LogP contribution in [0.15, 0.2) is 42.5 Å². The Bertz CT molecular complexity index is 2330. The Hall–Kier alpha value is -8.97. The van der Waals surface area contributed by atoms with Gasteiger partial charge < -0.3 is 102 Å². The SMILES string of the molecule is CN(CC(=O)O)CC(=O)O.CN[C@@H](CCC(=O)O)C(=O)O.CN[C@@H](CO)C(=O)O.COC(CC(=O)O)(CC(=O)O)C(=O)O.COCCN(CC(=O)O)CC(=O)O.COc1ccc(C[C@H](N)C(=O)O)cc1.Cc1ccc(C(=O)O)c(C(=O)O)c1. The van der Waals surface area contributed by atoms with Crippen LogP contribution in [-0.4, -0.2) is 271 Å². The van der Waals surface area contributed by atoms with Crippen molar-refractivity contribution < 1.29 is 148 Å². The first-order valence-corrected chi connectivity index (χ1v) is 23.2. The molecule has 0 aliphatic heterocycles. The number of nitrogens with one attached hydrogen (secondary N) is 2. The highest BCUT2D eigenvalue weighted by molar-refractivity contribution is 6.01. The van der Waals surface area contributed by atoms with Crippen LogP contribution in [0.3, 0.4) is 0 Å². The molecule has 0 fully saturated rings. The molecule has 0 saturated heterocycles. The molecule has 0 aliphatic carbocycles. The average Bonchev–Trinajstić information content (AvgIpc) is 3.35. The van der Waals surface area contributed by atoms with E-state index in [-0.39, 0.29) is 56.8 Å². The first-order valence-electron chi connectivity index (χ1n) is 23.2. The maximum absolute atomic E-state index is 10.7. The number of nitrogens with two attached hydrogens (primary N) is 1. The summed E-state index contributed by atoms with van der Waals surface area (Å²) in [6.07, 6.45) is -1.48. The third-order valence-electron chi connectivity index (χ3n) is 9.48. The van der Waals surface area contributed by atoms with E-state index in [0.29, 0.717) is 19.6 Å². The van der Waals surface area contributed by atoms with Gasteiger partial charge in [0.25, 0.3) is 0 Å². The van der Waals surface area contributed by atoms with Gasteiger partial charge in [0.2, 0.25) is 0 Å². The number of rotatable bonds is 31. The topological polar surface area (TPSA) is 589 Å². The number of hydrogen-bond donors (Lipinski definition) is 17. The van der Waals surface area contributed by atoms with Crippen molar-refractivity contribution in [3.05, 3.63) is 64.7 Å². The van der Waals surface area contributed by atoms with Crippen molar-refractivity contribution in [2.45, 2.75) is 62.8 Å². The van der Waals surface area contributed by atoms with E-state index in [9.17, 15) is 62.3 Å². The van der Waals surface area contributed by atoms with Gasteiger partial charge in [-0.25, -0.2) is 14.4 Å². The summed E-state index contributed by atoms with van der Waals surface area (Å²) in [4.78, 5) is 136. The highest BCUT2D eigenvalue weighted by atomic mass is 16.5. The summed E-state index contributed by atoms with van der Waals surface area (Å²) in [7, 11) is 8.41. The molecule has 470 valence electrons. The molecule has 0 heterocycles. The molecule has 2 aromatic carbocycles. The fourth-order valence-corrected chi connectivity index (χ4v) is 5.34. The van der Waals surface area contributed by atoms with Crippen molar-refractivity contribution in [3.8, 4) is 5.75 Å². The molecule has 0 radical (unpaired) electrons. The van der Waals surface area contributed by atoms with E-state index >= 15 is 0 Å². The Morgan fingerprint density at radius 1 is 0.578 bits per heavy atom. The lowest BCUT2D eigenvalue weighted by Gasteiger charge is -2.23. The minimum atomic E-state index is -2.20. The van der Waals surface area contributed by atoms with Gasteiger partial charge in [-0.15, -0.1) is 0 Å². The van der Waals surface area contributed by atoms with Crippen LogP contribution in [0.4, 0.5) is 0 Å². The molecule has 0 saturated carbocycles. The molecule has 2 rings (SSSR count). The van der Waals surface area contributed by atoms with Crippen LogP contribution in [0.1, 0.15) is 57.5 Å². The average molecular weight is 1200 g/mol. The summed E-state index contributed by atoms with van der Waals surface area (Å²) in [5.41, 5.74) is 4.45. The van der Waals surface area contributed by atoms with Crippen molar-refractivity contribution >= 4 is 77.6 Å². The normalized spacial score (nSPS) is 11.1. The van der Waals surface area contributed by atoms with Crippen molar-refractivity contribution in [1.29, 1.82) is 0 Å². The number of carboxylic acids is 13. The van der Waals surface area contributed by atoms with Gasteiger partial charge in [0.15, 0.2) is 5.60 Å². The third kappa shape index (κ3) is 45.5. The van der Waals surface area contributed by atoms with Crippen LogP contribution in [0.2, 0.25) is 0 Å². The monoisotopic (exact) mass is 1200 g/mol. The third-order valence-corrected chi connectivity index (χ3v) is 9.48. The molecule has 0 aromatic heterocycles. The molecule has 35 heteroatoms. The van der Waals surface area contributed by atoms with E-state index in [2.05, 4.69) is 15.4 Å². The number of ether oxygens (including phenoxy) is 3. The standard InChI is InChI=1S/C10H13NO3.C9H8O4.C7H13NO5.C7H10O7.C6H11NO4.C5H9NO4.C4H9NO3/c1-14-8-4-2-7(3-5-8)6-9(11)10(12)13;1-5-2-3-6(8(10)11)7(4-5)9(12)13;1-13-3-2-8(4-6(9)10)5-7(11)12;1-14-7(6(12)13,2-4(8)9)3-5(10)11;1-7-4(6(10)11)2-3-5(8)9;1-6(2-4(7)8)3-5(9)10;1-5-3(2-6)4(7)8/h2-5,9H,6,11H2,1H3,(H,12,13);2-4H,1H3,(H,10,11)(H,12,13);2-5H2,1H3,(H,9,10)(H,11,12);2-3H2,1H3,(H,8,9)(H,10,11)(H,12,13);4,7H,2-3H2,1H3,(H,8,9)(H,10,11);2-3H2,1H3,(H,7,8)(H,9,10);3,5-6H,2H2,1H3,(H,7,8)/t9-;;;;4-;;3-/m0...0.0/s1. The van der Waals surface area contributed by atoms with Crippen molar-refractivity contribution in [2.75, 3.05) is 88.4 Å². The van der Waals surface area contributed by atoms with Gasteiger partial charge in [-0.2, -0.15) is 0 Å². The number of aliphatic carboxylic acids is 11. The predicted molar refractivity (Wildman–Crippen MR) is 281 cm³/mol. The Kier molecular flexibility index (Phi) is 46.7. The molecule has 0 amide bonds. The number of likely N-dealkylation sites (N-methyl/N-ethyl adjacent to an activating group) is 3.